The van der Waals surface area contributed by atoms with Crippen LogP contribution in [0, 0.1) is 5.82 Å². The molecular formula is C12H16BrFN2OS. The van der Waals surface area contributed by atoms with Gasteiger partial charge in [0, 0.05) is 12.1 Å². The second-order valence-corrected chi connectivity index (χ2v) is 5.23. The molecule has 18 heavy (non-hydrogen) atoms. The summed E-state index contributed by atoms with van der Waals surface area (Å²) in [6.45, 7) is 4.96. The molecule has 0 atom stereocenters. The summed E-state index contributed by atoms with van der Waals surface area (Å²) in [7, 11) is 0. The van der Waals surface area contributed by atoms with Crippen LogP contribution in [-0.4, -0.2) is 24.2 Å². The zero-order valence-corrected chi connectivity index (χ0v) is 12.7. The minimum Gasteiger partial charge on any atom is -0.389 e. The van der Waals surface area contributed by atoms with Crippen molar-refractivity contribution in [3.63, 3.8) is 0 Å². The van der Waals surface area contributed by atoms with E-state index in [4.69, 9.17) is 22.7 Å². The second kappa shape index (κ2) is 7.01. The van der Waals surface area contributed by atoms with Crippen LogP contribution in [0.2, 0.25) is 0 Å². The molecule has 1 aromatic rings. The van der Waals surface area contributed by atoms with Gasteiger partial charge >= 0.3 is 0 Å². The smallest absolute Gasteiger partial charge is 0.161 e. The van der Waals surface area contributed by atoms with Gasteiger partial charge in [0.05, 0.1) is 22.9 Å². The van der Waals surface area contributed by atoms with Crippen molar-refractivity contribution in [1.82, 2.24) is 0 Å². The van der Waals surface area contributed by atoms with Crippen LogP contribution in [0.4, 0.5) is 10.1 Å². The molecule has 1 aromatic carbocycles. The lowest BCUT2D eigenvalue weighted by Gasteiger charge is -2.12. The lowest BCUT2D eigenvalue weighted by Crippen LogP contribution is -2.15. The van der Waals surface area contributed by atoms with E-state index in [9.17, 15) is 4.39 Å². The van der Waals surface area contributed by atoms with Crippen LogP contribution in [0.15, 0.2) is 16.6 Å². The summed E-state index contributed by atoms with van der Waals surface area (Å²) in [5.41, 5.74) is 6.37. The molecular weight excluding hydrogens is 319 g/mol. The van der Waals surface area contributed by atoms with E-state index in [2.05, 4.69) is 21.2 Å². The third-order valence-electron chi connectivity index (χ3n) is 2.22. The molecule has 0 saturated carbocycles. The topological polar surface area (TPSA) is 47.3 Å². The monoisotopic (exact) mass is 334 g/mol. The number of rotatable bonds is 6. The van der Waals surface area contributed by atoms with Crippen LogP contribution in [0.5, 0.6) is 0 Å². The third-order valence-corrected chi connectivity index (χ3v) is 3.21. The molecule has 0 radical (unpaired) electrons. The molecule has 0 bridgehead atoms. The molecule has 0 spiro atoms. The predicted octanol–water partition coefficient (Wildman–Crippen LogP) is 3.06. The molecule has 0 aliphatic heterocycles. The number of ether oxygens (including phenoxy) is 1. The minimum atomic E-state index is -0.398. The highest BCUT2D eigenvalue weighted by Gasteiger charge is 2.12. The maximum atomic E-state index is 13.9. The third kappa shape index (κ3) is 4.19. The molecule has 0 unspecified atom stereocenters. The van der Waals surface area contributed by atoms with Crippen molar-refractivity contribution in [2.75, 3.05) is 18.5 Å². The van der Waals surface area contributed by atoms with Crippen LogP contribution in [0.1, 0.15) is 19.4 Å². The van der Waals surface area contributed by atoms with E-state index in [0.717, 1.165) is 0 Å². The molecule has 100 valence electrons. The molecule has 0 fully saturated rings. The van der Waals surface area contributed by atoms with E-state index in [1.54, 1.807) is 12.1 Å². The van der Waals surface area contributed by atoms with E-state index in [1.807, 2.05) is 13.8 Å². The van der Waals surface area contributed by atoms with Gasteiger partial charge in [0.1, 0.15) is 4.99 Å². The fourth-order valence-electron chi connectivity index (χ4n) is 1.36. The molecule has 3 nitrogen and oxygen atoms in total. The Bertz CT molecular complexity index is 440. The Balaban J connectivity index is 2.68. The summed E-state index contributed by atoms with van der Waals surface area (Å²) in [6.07, 6.45) is 0.167. The first-order valence-electron chi connectivity index (χ1n) is 5.56. The summed E-state index contributed by atoms with van der Waals surface area (Å²) in [4.78, 5) is 0.162. The van der Waals surface area contributed by atoms with E-state index in [-0.39, 0.29) is 15.6 Å². The van der Waals surface area contributed by atoms with E-state index >= 15 is 0 Å². The molecule has 0 heterocycles. The van der Waals surface area contributed by atoms with E-state index in [0.29, 0.717) is 24.4 Å². The fraction of sp³-hybridized carbons (Fsp3) is 0.417. The molecule has 3 N–H and O–H groups in total. The Labute approximate surface area is 120 Å². The Morgan fingerprint density at radius 2 is 2.22 bits per heavy atom. The van der Waals surface area contributed by atoms with Gasteiger partial charge in [-0.3, -0.25) is 0 Å². The highest BCUT2D eigenvalue weighted by Crippen LogP contribution is 2.26. The summed E-state index contributed by atoms with van der Waals surface area (Å²) >= 11 is 7.98. The Hall–Kier alpha value is -0.720. The number of nitrogens with one attached hydrogen (secondary N) is 1. The van der Waals surface area contributed by atoms with Crippen molar-refractivity contribution in [3.05, 3.63) is 28.0 Å². The first-order valence-corrected chi connectivity index (χ1v) is 6.77. The van der Waals surface area contributed by atoms with Gasteiger partial charge in [0.15, 0.2) is 5.82 Å². The SMILES string of the molecule is CC(C)OCCNc1ccc(C(N)=S)c(Br)c1F. The molecule has 0 aliphatic rings. The molecule has 0 aromatic heterocycles. The normalized spacial score (nSPS) is 10.7. The summed E-state index contributed by atoms with van der Waals surface area (Å²) in [5.74, 6) is -0.398. The number of anilines is 1. The largest absolute Gasteiger partial charge is 0.389 e. The number of hydrogen-bond acceptors (Lipinski definition) is 3. The maximum absolute atomic E-state index is 13.9. The van der Waals surface area contributed by atoms with Gasteiger partial charge in [0.2, 0.25) is 0 Å². The van der Waals surface area contributed by atoms with Gasteiger partial charge in [0.25, 0.3) is 0 Å². The zero-order valence-electron chi connectivity index (χ0n) is 10.3. The molecule has 0 amide bonds. The van der Waals surface area contributed by atoms with Crippen molar-refractivity contribution in [3.8, 4) is 0 Å². The highest BCUT2D eigenvalue weighted by molar-refractivity contribution is 9.10. The van der Waals surface area contributed by atoms with Crippen molar-refractivity contribution in [2.24, 2.45) is 5.73 Å². The standard InChI is InChI=1S/C12H16BrFN2OS/c1-7(2)17-6-5-16-9-4-3-8(12(15)18)10(13)11(9)14/h3-4,7,16H,5-6H2,1-2H3,(H2,15,18). The number of benzene rings is 1. The summed E-state index contributed by atoms with van der Waals surface area (Å²) in [6, 6.07) is 3.30. The number of hydrogen-bond donors (Lipinski definition) is 2. The molecule has 0 aliphatic carbocycles. The van der Waals surface area contributed by atoms with Gasteiger partial charge in [-0.15, -0.1) is 0 Å². The Morgan fingerprint density at radius 1 is 1.56 bits per heavy atom. The van der Waals surface area contributed by atoms with Gasteiger partial charge in [-0.25, -0.2) is 4.39 Å². The van der Waals surface area contributed by atoms with Crippen LogP contribution >= 0.6 is 28.1 Å². The van der Waals surface area contributed by atoms with Crippen LogP contribution in [0.3, 0.4) is 0 Å². The number of thiocarbonyl (C=S) groups is 1. The van der Waals surface area contributed by atoms with E-state index in [1.165, 1.54) is 0 Å². The minimum absolute atomic E-state index is 0.162. The van der Waals surface area contributed by atoms with Crippen LogP contribution in [-0.2, 0) is 4.74 Å². The predicted molar refractivity (Wildman–Crippen MR) is 79.6 cm³/mol. The van der Waals surface area contributed by atoms with Crippen LogP contribution in [0.25, 0.3) is 0 Å². The first kappa shape index (κ1) is 15.3. The summed E-state index contributed by atoms with van der Waals surface area (Å²) < 4.78 is 19.6. The quantitative estimate of drug-likeness (QED) is 0.620. The second-order valence-electron chi connectivity index (χ2n) is 4.00. The van der Waals surface area contributed by atoms with E-state index < -0.39 is 5.82 Å². The lowest BCUT2D eigenvalue weighted by atomic mass is 10.2. The average molecular weight is 335 g/mol. The number of nitrogens with two attached hydrogens (primary N) is 1. The average Bonchev–Trinajstić information content (AvgIpc) is 2.29. The van der Waals surface area contributed by atoms with Crippen molar-refractivity contribution < 1.29 is 9.13 Å². The van der Waals surface area contributed by atoms with Crippen molar-refractivity contribution in [2.45, 2.75) is 20.0 Å². The zero-order chi connectivity index (χ0) is 13.7. The lowest BCUT2D eigenvalue weighted by molar-refractivity contribution is 0.0870. The Morgan fingerprint density at radius 3 is 2.78 bits per heavy atom. The van der Waals surface area contributed by atoms with Gasteiger partial charge in [-0.2, -0.15) is 0 Å². The highest BCUT2D eigenvalue weighted by atomic mass is 79.9. The molecule has 0 saturated heterocycles. The van der Waals surface area contributed by atoms with Crippen molar-refractivity contribution in [1.29, 1.82) is 0 Å². The Kier molecular flexibility index (Phi) is 5.98. The maximum Gasteiger partial charge on any atom is 0.161 e. The van der Waals surface area contributed by atoms with Gasteiger partial charge < -0.3 is 15.8 Å². The molecule has 6 heteroatoms. The van der Waals surface area contributed by atoms with Crippen LogP contribution < -0.4 is 11.1 Å². The van der Waals surface area contributed by atoms with Gasteiger partial charge in [-0.1, -0.05) is 12.2 Å². The summed E-state index contributed by atoms with van der Waals surface area (Å²) in [5, 5.41) is 2.96. The molecule has 1 rings (SSSR count). The van der Waals surface area contributed by atoms with Crippen molar-refractivity contribution >= 4 is 38.8 Å². The first-order chi connectivity index (χ1) is 8.43. The van der Waals surface area contributed by atoms with Gasteiger partial charge in [-0.05, 0) is 41.9 Å². The number of halogens is 2. The fourth-order valence-corrected chi connectivity index (χ4v) is 2.22.